The summed E-state index contributed by atoms with van der Waals surface area (Å²) in [5.41, 5.74) is 1.40. The molecule has 36 heavy (non-hydrogen) atoms. The summed E-state index contributed by atoms with van der Waals surface area (Å²) in [7, 11) is 1.56. The van der Waals surface area contributed by atoms with Gasteiger partial charge in [-0.1, -0.05) is 62.4 Å². The second-order valence-corrected chi connectivity index (χ2v) is 10.0. The van der Waals surface area contributed by atoms with Gasteiger partial charge in [-0.3, -0.25) is 14.5 Å². The van der Waals surface area contributed by atoms with Crippen molar-refractivity contribution in [2.45, 2.75) is 57.2 Å². The van der Waals surface area contributed by atoms with Gasteiger partial charge in [0.1, 0.15) is 18.7 Å². The van der Waals surface area contributed by atoms with Crippen LogP contribution in [0.1, 0.15) is 44.2 Å². The van der Waals surface area contributed by atoms with E-state index in [2.05, 4.69) is 25.2 Å². The number of likely N-dealkylation sites (N-methyl/N-ethyl adjacent to an activating group) is 1. The minimum absolute atomic E-state index is 0.0952. The fourth-order valence-electron chi connectivity index (χ4n) is 5.10. The van der Waals surface area contributed by atoms with E-state index in [-0.39, 0.29) is 31.4 Å². The predicted molar refractivity (Wildman–Crippen MR) is 135 cm³/mol. The lowest BCUT2D eigenvalue weighted by Crippen LogP contribution is -2.51. The normalized spacial score (nSPS) is 21.1. The molecular formula is C28H32N4O4. The van der Waals surface area contributed by atoms with Gasteiger partial charge >= 0.3 is 6.09 Å². The largest absolute Gasteiger partial charge is 0.445 e. The van der Waals surface area contributed by atoms with E-state index < -0.39 is 23.6 Å². The first kappa shape index (κ1) is 25.2. The zero-order valence-corrected chi connectivity index (χ0v) is 20.9. The monoisotopic (exact) mass is 488 g/mol. The molecule has 188 valence electrons. The van der Waals surface area contributed by atoms with Crippen molar-refractivity contribution in [3.63, 3.8) is 0 Å². The Kier molecular flexibility index (Phi) is 7.30. The molecule has 2 aromatic carbocycles. The van der Waals surface area contributed by atoms with Crippen LogP contribution in [0, 0.1) is 17.2 Å². The van der Waals surface area contributed by atoms with Crippen molar-refractivity contribution in [1.29, 1.82) is 5.26 Å². The molecule has 0 bridgehead atoms. The number of rotatable bonds is 7. The third-order valence-electron chi connectivity index (χ3n) is 7.18. The molecule has 0 saturated carbocycles. The number of anilines is 1. The van der Waals surface area contributed by atoms with Gasteiger partial charge < -0.3 is 15.0 Å². The number of para-hydroxylation sites is 1. The number of carbonyl (C=O) groups excluding carboxylic acids is 3. The Bertz CT molecular complexity index is 1180. The number of fused-ring (bicyclic) bond motifs is 2. The van der Waals surface area contributed by atoms with Gasteiger partial charge in [-0.15, -0.1) is 0 Å². The van der Waals surface area contributed by atoms with Gasteiger partial charge in [0.2, 0.25) is 11.8 Å². The van der Waals surface area contributed by atoms with Crippen LogP contribution >= 0.6 is 0 Å². The maximum absolute atomic E-state index is 13.9. The van der Waals surface area contributed by atoms with Crippen molar-refractivity contribution in [2.24, 2.45) is 5.92 Å². The molecule has 0 aliphatic carbocycles. The molecule has 1 unspecified atom stereocenters. The van der Waals surface area contributed by atoms with Gasteiger partial charge in [0, 0.05) is 25.7 Å². The third kappa shape index (κ3) is 4.78. The number of likely N-dealkylation sites (tertiary alicyclic amines) is 1. The van der Waals surface area contributed by atoms with E-state index >= 15 is 0 Å². The minimum Gasteiger partial charge on any atom is -0.445 e. The van der Waals surface area contributed by atoms with Crippen molar-refractivity contribution < 1.29 is 19.1 Å². The van der Waals surface area contributed by atoms with E-state index in [1.807, 2.05) is 54.6 Å². The predicted octanol–water partition coefficient (Wildman–Crippen LogP) is 4.07. The van der Waals surface area contributed by atoms with Crippen molar-refractivity contribution in [3.05, 3.63) is 65.7 Å². The molecule has 1 saturated heterocycles. The molecule has 8 heteroatoms. The summed E-state index contributed by atoms with van der Waals surface area (Å²) < 4.78 is 5.49. The Balaban J connectivity index is 1.56. The van der Waals surface area contributed by atoms with Gasteiger partial charge in [-0.25, -0.2) is 4.79 Å². The molecule has 1 N–H and O–H groups in total. The average Bonchev–Trinajstić information content (AvgIpc) is 3.41. The lowest BCUT2D eigenvalue weighted by molar-refractivity contribution is -0.136. The van der Waals surface area contributed by atoms with E-state index in [1.165, 1.54) is 9.80 Å². The van der Waals surface area contributed by atoms with Crippen molar-refractivity contribution in [2.75, 3.05) is 18.9 Å². The van der Waals surface area contributed by atoms with Gasteiger partial charge in [-0.2, -0.15) is 5.26 Å². The van der Waals surface area contributed by atoms with Crippen LogP contribution in [-0.4, -0.2) is 53.4 Å². The SMILES string of the molecule is CC(C)CC[C@@H](C(=O)N1C[C@]2(CC1C#N)C(=O)Nc1ccccc12)N(C)C(=O)OCc1ccccc1. The summed E-state index contributed by atoms with van der Waals surface area (Å²) in [6, 6.07) is 17.4. The smallest absolute Gasteiger partial charge is 0.410 e. The number of hydrogen-bond acceptors (Lipinski definition) is 5. The van der Waals surface area contributed by atoms with Crippen LogP contribution in [0.2, 0.25) is 0 Å². The maximum atomic E-state index is 13.9. The van der Waals surface area contributed by atoms with E-state index in [4.69, 9.17) is 4.74 Å². The fourth-order valence-corrected chi connectivity index (χ4v) is 5.10. The van der Waals surface area contributed by atoms with Gasteiger partial charge in [0.05, 0.1) is 11.5 Å². The number of ether oxygens (including phenoxy) is 1. The fraction of sp³-hybridized carbons (Fsp3) is 0.429. The first-order valence-electron chi connectivity index (χ1n) is 12.3. The Morgan fingerprint density at radius 2 is 1.86 bits per heavy atom. The topological polar surface area (TPSA) is 103 Å². The van der Waals surface area contributed by atoms with Crippen molar-refractivity contribution >= 4 is 23.6 Å². The zero-order chi connectivity index (χ0) is 25.9. The number of amides is 3. The van der Waals surface area contributed by atoms with Gasteiger partial charge in [-0.05, 0) is 36.0 Å². The number of nitriles is 1. The molecule has 2 heterocycles. The summed E-state index contributed by atoms with van der Waals surface area (Å²) in [5, 5.41) is 12.8. The second kappa shape index (κ2) is 10.4. The highest BCUT2D eigenvalue weighted by Gasteiger charge is 2.56. The molecule has 0 radical (unpaired) electrons. The Morgan fingerprint density at radius 3 is 2.56 bits per heavy atom. The molecule has 2 aliphatic rings. The Labute approximate surface area is 211 Å². The van der Waals surface area contributed by atoms with E-state index in [0.29, 0.717) is 24.4 Å². The van der Waals surface area contributed by atoms with Crippen LogP contribution in [0.3, 0.4) is 0 Å². The van der Waals surface area contributed by atoms with Crippen LogP contribution in [0.25, 0.3) is 0 Å². The number of nitrogens with zero attached hydrogens (tertiary/aromatic N) is 3. The molecule has 4 rings (SSSR count). The lowest BCUT2D eigenvalue weighted by Gasteiger charge is -2.32. The van der Waals surface area contributed by atoms with Crippen LogP contribution in [0.4, 0.5) is 10.5 Å². The van der Waals surface area contributed by atoms with Crippen LogP contribution in [-0.2, 0) is 26.3 Å². The highest BCUT2D eigenvalue weighted by molar-refractivity contribution is 6.07. The highest BCUT2D eigenvalue weighted by atomic mass is 16.6. The number of carbonyl (C=O) groups is 3. The van der Waals surface area contributed by atoms with Crippen LogP contribution < -0.4 is 5.32 Å². The Hall–Kier alpha value is -3.86. The third-order valence-corrected chi connectivity index (χ3v) is 7.18. The molecule has 2 aliphatic heterocycles. The molecular weight excluding hydrogens is 456 g/mol. The summed E-state index contributed by atoms with van der Waals surface area (Å²) in [4.78, 5) is 42.7. The first-order valence-corrected chi connectivity index (χ1v) is 12.3. The molecule has 8 nitrogen and oxygen atoms in total. The summed E-state index contributed by atoms with van der Waals surface area (Å²) in [5.74, 6) is -0.220. The maximum Gasteiger partial charge on any atom is 0.410 e. The lowest BCUT2D eigenvalue weighted by atomic mass is 9.80. The molecule has 2 aromatic rings. The van der Waals surface area contributed by atoms with E-state index in [1.54, 1.807) is 7.05 Å². The van der Waals surface area contributed by atoms with Crippen LogP contribution in [0.5, 0.6) is 0 Å². The summed E-state index contributed by atoms with van der Waals surface area (Å²) in [6.07, 6.45) is 0.758. The number of benzene rings is 2. The van der Waals surface area contributed by atoms with Gasteiger partial charge in [0.15, 0.2) is 0 Å². The standard InChI is InChI=1S/C28H32N4O4/c1-19(2)13-14-24(31(3)27(35)36-17-20-9-5-4-6-10-20)25(33)32-18-28(15-21(32)16-29)22-11-7-8-12-23(22)30-26(28)34/h4-12,19,21,24H,13-15,17-18H2,1-3H3,(H,30,34)/t21?,24-,28-/m0/s1. The molecule has 3 amide bonds. The molecule has 1 spiro atoms. The molecule has 1 fully saturated rings. The summed E-state index contributed by atoms with van der Waals surface area (Å²) >= 11 is 0. The average molecular weight is 489 g/mol. The van der Waals surface area contributed by atoms with Gasteiger partial charge in [0.25, 0.3) is 0 Å². The van der Waals surface area contributed by atoms with E-state index in [0.717, 1.165) is 11.1 Å². The molecule has 0 aromatic heterocycles. The zero-order valence-electron chi connectivity index (χ0n) is 20.9. The van der Waals surface area contributed by atoms with Crippen molar-refractivity contribution in [1.82, 2.24) is 9.80 Å². The molecule has 3 atom stereocenters. The van der Waals surface area contributed by atoms with Crippen molar-refractivity contribution in [3.8, 4) is 6.07 Å². The highest BCUT2D eigenvalue weighted by Crippen LogP contribution is 2.46. The minimum atomic E-state index is -0.971. The second-order valence-electron chi connectivity index (χ2n) is 10.0. The number of hydrogen-bond donors (Lipinski definition) is 1. The first-order chi connectivity index (χ1) is 17.3. The number of nitrogens with one attached hydrogen (secondary N) is 1. The Morgan fingerprint density at radius 1 is 1.17 bits per heavy atom. The van der Waals surface area contributed by atoms with Crippen LogP contribution in [0.15, 0.2) is 54.6 Å². The van der Waals surface area contributed by atoms with E-state index in [9.17, 15) is 19.6 Å². The summed E-state index contributed by atoms with van der Waals surface area (Å²) in [6.45, 7) is 4.30. The quantitative estimate of drug-likeness (QED) is 0.633.